The largest absolute Gasteiger partial charge is 0.324 e. The molecule has 0 saturated carbocycles. The van der Waals surface area contributed by atoms with E-state index in [9.17, 15) is 4.79 Å². The van der Waals surface area contributed by atoms with Gasteiger partial charge in [0, 0.05) is 6.07 Å². The Morgan fingerprint density at radius 3 is 3.11 bits per heavy atom. The van der Waals surface area contributed by atoms with Gasteiger partial charge in [0.25, 0.3) is 0 Å². The minimum absolute atomic E-state index is 0.642. The second kappa shape index (κ2) is 2.81. The number of amides is 1. The topological polar surface area (TPSA) is 43.2 Å². The summed E-state index contributed by atoms with van der Waals surface area (Å²) in [5.41, 5.74) is 0.771. The third kappa shape index (κ3) is 1.53. The Hall–Kier alpha value is -1.38. The van der Waals surface area contributed by atoms with Crippen LogP contribution in [-0.2, 0) is 4.79 Å². The molecule has 0 aliphatic heterocycles. The number of carbonyl (C=O) groups excluding carboxylic acids is 1. The van der Waals surface area contributed by atoms with Gasteiger partial charge in [0.15, 0.2) is 12.4 Å². The van der Waals surface area contributed by atoms with Crippen LogP contribution in [-0.4, -0.2) is 6.41 Å². The minimum Gasteiger partial charge on any atom is -0.324 e. The number of carbonyl (C=O) groups is 1. The van der Waals surface area contributed by atoms with Gasteiger partial charge >= 0.3 is 0 Å². The van der Waals surface area contributed by atoms with Crippen LogP contribution in [0.2, 0.25) is 0 Å². The average Bonchev–Trinajstić information content (AvgIpc) is 1.91. The second-order valence-corrected chi connectivity index (χ2v) is 1.55. The fourth-order valence-corrected chi connectivity index (χ4v) is 0.551. The maximum absolute atomic E-state index is 9.85. The van der Waals surface area contributed by atoms with E-state index in [0.29, 0.717) is 6.41 Å². The molecule has 1 amide bonds. The summed E-state index contributed by atoms with van der Waals surface area (Å²) in [4.78, 5) is 12.7. The molecule has 9 heavy (non-hydrogen) atoms. The standard InChI is InChI=1S/C6H6N2O/c9-5-8-6-2-1-3-7-4-6/h1-5H,(H,8,9)/p+1. The molecule has 0 unspecified atom stereocenters. The molecule has 0 aliphatic rings. The summed E-state index contributed by atoms with van der Waals surface area (Å²) in [6.45, 7) is 0. The summed E-state index contributed by atoms with van der Waals surface area (Å²) in [5.74, 6) is 0. The van der Waals surface area contributed by atoms with Crippen LogP contribution < -0.4 is 10.3 Å². The molecule has 2 N–H and O–H groups in total. The van der Waals surface area contributed by atoms with Gasteiger partial charge in [-0.05, 0) is 6.07 Å². The van der Waals surface area contributed by atoms with Crippen LogP contribution in [0.4, 0.5) is 5.69 Å². The summed E-state index contributed by atoms with van der Waals surface area (Å²) >= 11 is 0. The molecule has 0 aromatic carbocycles. The molecule has 1 aromatic heterocycles. The van der Waals surface area contributed by atoms with Crippen molar-refractivity contribution in [2.45, 2.75) is 0 Å². The van der Waals surface area contributed by atoms with Gasteiger partial charge in [-0.15, -0.1) is 0 Å². The molecular weight excluding hydrogens is 116 g/mol. The van der Waals surface area contributed by atoms with E-state index in [0.717, 1.165) is 5.69 Å². The van der Waals surface area contributed by atoms with Crippen molar-refractivity contribution < 1.29 is 9.78 Å². The fraction of sp³-hybridized carbons (Fsp3) is 0. The lowest BCUT2D eigenvalue weighted by molar-refractivity contribution is -0.377. The number of hydrogen-bond acceptors (Lipinski definition) is 1. The highest BCUT2D eigenvalue weighted by atomic mass is 16.1. The maximum Gasteiger partial charge on any atom is 0.211 e. The van der Waals surface area contributed by atoms with Crippen molar-refractivity contribution in [3.8, 4) is 0 Å². The third-order valence-electron chi connectivity index (χ3n) is 0.933. The van der Waals surface area contributed by atoms with Crippen molar-refractivity contribution in [1.82, 2.24) is 0 Å². The lowest BCUT2D eigenvalue weighted by Gasteiger charge is -1.88. The number of nitrogens with one attached hydrogen (secondary N) is 2. The smallest absolute Gasteiger partial charge is 0.211 e. The molecule has 0 spiro atoms. The fourth-order valence-electron chi connectivity index (χ4n) is 0.551. The van der Waals surface area contributed by atoms with Crippen molar-refractivity contribution in [3.05, 3.63) is 24.5 Å². The van der Waals surface area contributed by atoms with E-state index in [1.54, 1.807) is 18.5 Å². The van der Waals surface area contributed by atoms with E-state index >= 15 is 0 Å². The summed E-state index contributed by atoms with van der Waals surface area (Å²) in [7, 11) is 0. The Morgan fingerprint density at radius 1 is 1.67 bits per heavy atom. The van der Waals surface area contributed by atoms with E-state index in [1.165, 1.54) is 0 Å². The molecule has 1 heterocycles. The minimum atomic E-state index is 0.642. The number of anilines is 1. The van der Waals surface area contributed by atoms with E-state index in [4.69, 9.17) is 0 Å². The van der Waals surface area contributed by atoms with Crippen molar-refractivity contribution >= 4 is 12.1 Å². The summed E-state index contributed by atoms with van der Waals surface area (Å²) in [6, 6.07) is 3.61. The van der Waals surface area contributed by atoms with E-state index < -0.39 is 0 Å². The summed E-state index contributed by atoms with van der Waals surface area (Å²) in [6.07, 6.45) is 4.12. The number of H-pyrrole nitrogens is 1. The van der Waals surface area contributed by atoms with Gasteiger partial charge in [-0.3, -0.25) is 4.79 Å². The monoisotopic (exact) mass is 123 g/mol. The zero-order valence-corrected chi connectivity index (χ0v) is 4.79. The van der Waals surface area contributed by atoms with E-state index in [1.807, 2.05) is 6.07 Å². The average molecular weight is 123 g/mol. The van der Waals surface area contributed by atoms with Crippen molar-refractivity contribution in [2.75, 3.05) is 5.32 Å². The highest BCUT2D eigenvalue weighted by molar-refractivity contribution is 5.69. The molecule has 1 aromatic rings. The first-order valence-electron chi connectivity index (χ1n) is 2.60. The predicted molar refractivity (Wildman–Crippen MR) is 32.7 cm³/mol. The molecule has 0 bridgehead atoms. The first-order valence-corrected chi connectivity index (χ1v) is 2.60. The molecule has 0 aliphatic carbocycles. The van der Waals surface area contributed by atoms with Gasteiger partial charge in [-0.1, -0.05) is 0 Å². The van der Waals surface area contributed by atoms with Gasteiger partial charge in [-0.25, -0.2) is 4.98 Å². The Morgan fingerprint density at radius 2 is 2.56 bits per heavy atom. The first-order chi connectivity index (χ1) is 4.43. The Balaban J connectivity index is 2.72. The lowest BCUT2D eigenvalue weighted by atomic mass is 10.4. The molecule has 0 radical (unpaired) electrons. The molecule has 0 atom stereocenters. The van der Waals surface area contributed by atoms with Gasteiger partial charge in [-0.2, -0.15) is 0 Å². The third-order valence-corrected chi connectivity index (χ3v) is 0.933. The van der Waals surface area contributed by atoms with Gasteiger partial charge in [0.1, 0.15) is 5.69 Å². The van der Waals surface area contributed by atoms with Crippen molar-refractivity contribution in [1.29, 1.82) is 0 Å². The Bertz CT molecular complexity index is 186. The number of aromatic nitrogens is 1. The van der Waals surface area contributed by atoms with Crippen LogP contribution in [0.3, 0.4) is 0 Å². The number of hydrogen-bond donors (Lipinski definition) is 1. The number of aromatic amines is 1. The summed E-state index contributed by atoms with van der Waals surface area (Å²) < 4.78 is 0. The predicted octanol–water partition coefficient (Wildman–Crippen LogP) is 0.0690. The van der Waals surface area contributed by atoms with Crippen molar-refractivity contribution in [2.24, 2.45) is 0 Å². The van der Waals surface area contributed by atoms with Gasteiger partial charge < -0.3 is 5.32 Å². The number of rotatable bonds is 2. The Kier molecular flexibility index (Phi) is 1.80. The Labute approximate surface area is 52.7 Å². The van der Waals surface area contributed by atoms with Gasteiger partial charge in [0.2, 0.25) is 6.41 Å². The molecule has 3 heteroatoms. The molecule has 0 saturated heterocycles. The SMILES string of the molecule is O=CNc1ccc[nH+]c1. The van der Waals surface area contributed by atoms with Crippen molar-refractivity contribution in [3.63, 3.8) is 0 Å². The molecular formula is C6H7N2O+. The molecule has 1 rings (SSSR count). The van der Waals surface area contributed by atoms with Crippen LogP contribution in [0.1, 0.15) is 0 Å². The van der Waals surface area contributed by atoms with Gasteiger partial charge in [0.05, 0.1) is 0 Å². The van der Waals surface area contributed by atoms with E-state index in [2.05, 4.69) is 10.3 Å². The summed E-state index contributed by atoms with van der Waals surface area (Å²) in [5, 5.41) is 2.50. The van der Waals surface area contributed by atoms with Crippen LogP contribution in [0.25, 0.3) is 0 Å². The second-order valence-electron chi connectivity index (χ2n) is 1.55. The van der Waals surface area contributed by atoms with Crippen LogP contribution in [0, 0.1) is 0 Å². The lowest BCUT2D eigenvalue weighted by Crippen LogP contribution is -2.02. The number of pyridine rings is 1. The zero-order valence-electron chi connectivity index (χ0n) is 4.79. The van der Waals surface area contributed by atoms with E-state index in [-0.39, 0.29) is 0 Å². The van der Waals surface area contributed by atoms with Crippen LogP contribution >= 0.6 is 0 Å². The molecule has 46 valence electrons. The molecule has 0 fully saturated rings. The normalized spacial score (nSPS) is 8.44. The highest BCUT2D eigenvalue weighted by Gasteiger charge is 1.87. The zero-order chi connectivity index (χ0) is 6.53. The van der Waals surface area contributed by atoms with Crippen LogP contribution in [0.5, 0.6) is 0 Å². The highest BCUT2D eigenvalue weighted by Crippen LogP contribution is 1.96. The maximum atomic E-state index is 9.85. The van der Waals surface area contributed by atoms with Crippen LogP contribution in [0.15, 0.2) is 24.5 Å². The first kappa shape index (κ1) is 5.75. The molecule has 3 nitrogen and oxygen atoms in total. The quantitative estimate of drug-likeness (QED) is 0.555.